The highest BCUT2D eigenvalue weighted by molar-refractivity contribution is 5.50. The average molecular weight is 272 g/mol. The number of aryl methyl sites for hydroxylation is 2. The third kappa shape index (κ3) is 2.60. The van der Waals surface area contributed by atoms with Crippen LogP contribution in [0.1, 0.15) is 28.4 Å². The van der Waals surface area contributed by atoms with Gasteiger partial charge in [0.1, 0.15) is 11.5 Å². The summed E-state index contributed by atoms with van der Waals surface area (Å²) in [7, 11) is 3.25. The molecule has 1 atom stereocenters. The van der Waals surface area contributed by atoms with E-state index in [4.69, 9.17) is 15.2 Å². The monoisotopic (exact) mass is 272 g/mol. The minimum absolute atomic E-state index is 0.387. The lowest BCUT2D eigenvalue weighted by molar-refractivity contribution is 0.382. The molecule has 20 heavy (non-hydrogen) atoms. The number of aromatic nitrogens is 1. The maximum Gasteiger partial charge on any atom is 0.127 e. The van der Waals surface area contributed by atoms with Gasteiger partial charge in [-0.2, -0.15) is 0 Å². The van der Waals surface area contributed by atoms with Gasteiger partial charge in [0.25, 0.3) is 0 Å². The third-order valence-corrected chi connectivity index (χ3v) is 3.33. The predicted octanol–water partition coefficient (Wildman–Crippen LogP) is 2.76. The number of rotatable bonds is 4. The molecule has 4 heteroatoms. The summed E-state index contributed by atoms with van der Waals surface area (Å²) >= 11 is 0. The lowest BCUT2D eigenvalue weighted by Gasteiger charge is -2.20. The number of hydrogen-bond donors (Lipinski definition) is 1. The van der Waals surface area contributed by atoms with Crippen molar-refractivity contribution in [3.05, 3.63) is 52.8 Å². The second-order valence-electron chi connectivity index (χ2n) is 4.77. The van der Waals surface area contributed by atoms with Gasteiger partial charge in [-0.15, -0.1) is 0 Å². The maximum atomic E-state index is 6.40. The number of hydrogen-bond acceptors (Lipinski definition) is 4. The lowest BCUT2D eigenvalue weighted by Crippen LogP contribution is -2.17. The molecule has 0 spiro atoms. The first-order valence-electron chi connectivity index (χ1n) is 6.48. The van der Waals surface area contributed by atoms with Crippen molar-refractivity contribution in [2.45, 2.75) is 19.9 Å². The average Bonchev–Trinajstić information content (AvgIpc) is 2.45. The molecule has 0 aliphatic carbocycles. The normalized spacial score (nSPS) is 12.1. The van der Waals surface area contributed by atoms with Gasteiger partial charge >= 0.3 is 0 Å². The van der Waals surface area contributed by atoms with Crippen LogP contribution in [0.2, 0.25) is 0 Å². The molecule has 2 rings (SSSR count). The van der Waals surface area contributed by atoms with Gasteiger partial charge in [0, 0.05) is 6.20 Å². The van der Waals surface area contributed by atoms with Gasteiger partial charge in [-0.1, -0.05) is 12.1 Å². The van der Waals surface area contributed by atoms with Crippen LogP contribution in [0.15, 0.2) is 30.5 Å². The van der Waals surface area contributed by atoms with Gasteiger partial charge in [-0.25, -0.2) is 0 Å². The first-order valence-corrected chi connectivity index (χ1v) is 6.48. The first-order chi connectivity index (χ1) is 9.58. The van der Waals surface area contributed by atoms with Crippen molar-refractivity contribution in [1.82, 2.24) is 4.98 Å². The van der Waals surface area contributed by atoms with Crippen LogP contribution in [0.25, 0.3) is 0 Å². The number of nitrogens with zero attached hydrogens (tertiary/aromatic N) is 1. The molecule has 0 saturated carbocycles. The van der Waals surface area contributed by atoms with E-state index in [2.05, 4.69) is 11.1 Å². The van der Waals surface area contributed by atoms with Gasteiger partial charge in [-0.05, 0) is 37.1 Å². The molecule has 1 aromatic heterocycles. The zero-order chi connectivity index (χ0) is 14.7. The molecule has 0 fully saturated rings. The molecule has 1 heterocycles. The summed E-state index contributed by atoms with van der Waals surface area (Å²) in [6.07, 6.45) is 1.82. The number of ether oxygens (including phenoxy) is 2. The number of methoxy groups -OCH3 is 2. The maximum absolute atomic E-state index is 6.40. The summed E-state index contributed by atoms with van der Waals surface area (Å²) in [5, 5.41) is 0. The zero-order valence-corrected chi connectivity index (χ0v) is 12.3. The lowest BCUT2D eigenvalue weighted by atomic mass is 9.98. The Bertz CT molecular complexity index is 589. The predicted molar refractivity (Wildman–Crippen MR) is 79.3 cm³/mol. The molecule has 0 aliphatic heterocycles. The fourth-order valence-electron chi connectivity index (χ4n) is 2.37. The van der Waals surface area contributed by atoms with Gasteiger partial charge in [0.2, 0.25) is 0 Å². The van der Waals surface area contributed by atoms with Gasteiger partial charge in [0.15, 0.2) is 0 Å². The van der Waals surface area contributed by atoms with Crippen molar-refractivity contribution in [2.75, 3.05) is 14.2 Å². The quantitative estimate of drug-likeness (QED) is 0.929. The molecule has 1 aromatic carbocycles. The van der Waals surface area contributed by atoms with Crippen molar-refractivity contribution in [3.8, 4) is 11.5 Å². The minimum Gasteiger partial charge on any atom is -0.496 e. The minimum atomic E-state index is -0.387. The molecule has 0 amide bonds. The van der Waals surface area contributed by atoms with E-state index in [9.17, 15) is 0 Å². The Kier molecular flexibility index (Phi) is 4.25. The van der Waals surface area contributed by atoms with E-state index >= 15 is 0 Å². The van der Waals surface area contributed by atoms with Crippen molar-refractivity contribution < 1.29 is 9.47 Å². The highest BCUT2D eigenvalue weighted by atomic mass is 16.5. The Morgan fingerprint density at radius 3 is 2.20 bits per heavy atom. The topological polar surface area (TPSA) is 57.4 Å². The van der Waals surface area contributed by atoms with E-state index < -0.39 is 0 Å². The second kappa shape index (κ2) is 5.92. The van der Waals surface area contributed by atoms with Gasteiger partial charge in [-0.3, -0.25) is 4.98 Å². The van der Waals surface area contributed by atoms with E-state index in [1.54, 1.807) is 14.2 Å². The van der Waals surface area contributed by atoms with Crippen LogP contribution in [0.5, 0.6) is 11.5 Å². The largest absolute Gasteiger partial charge is 0.496 e. The summed E-state index contributed by atoms with van der Waals surface area (Å²) in [6, 6.07) is 7.32. The standard InChI is InChI=1S/C16H20N2O2/c1-10-8-11(2)16(18-9-10)15(17)14-12(19-3)6-5-7-13(14)20-4/h5-9,15H,17H2,1-4H3. The molecule has 0 saturated heterocycles. The molecule has 0 bridgehead atoms. The summed E-state index contributed by atoms with van der Waals surface area (Å²) in [4.78, 5) is 4.47. The Labute approximate surface area is 119 Å². The molecule has 0 radical (unpaired) electrons. The Hall–Kier alpha value is -2.07. The van der Waals surface area contributed by atoms with E-state index in [-0.39, 0.29) is 6.04 Å². The van der Waals surface area contributed by atoms with Crippen molar-refractivity contribution >= 4 is 0 Å². The highest BCUT2D eigenvalue weighted by Crippen LogP contribution is 2.36. The van der Waals surface area contributed by atoms with E-state index in [1.807, 2.05) is 38.2 Å². The Morgan fingerprint density at radius 1 is 1.10 bits per heavy atom. The molecular weight excluding hydrogens is 252 g/mol. The Balaban J connectivity index is 2.55. The molecular formula is C16H20N2O2. The van der Waals surface area contributed by atoms with Gasteiger partial charge in [0.05, 0.1) is 31.5 Å². The van der Waals surface area contributed by atoms with Crippen LogP contribution in [-0.2, 0) is 0 Å². The first kappa shape index (κ1) is 14.3. The van der Waals surface area contributed by atoms with Gasteiger partial charge < -0.3 is 15.2 Å². The smallest absolute Gasteiger partial charge is 0.127 e. The van der Waals surface area contributed by atoms with Crippen LogP contribution in [0.4, 0.5) is 0 Å². The fraction of sp³-hybridized carbons (Fsp3) is 0.312. The zero-order valence-electron chi connectivity index (χ0n) is 12.3. The molecule has 0 aliphatic rings. The summed E-state index contributed by atoms with van der Waals surface area (Å²) < 4.78 is 10.8. The summed E-state index contributed by atoms with van der Waals surface area (Å²) in [5.41, 5.74) is 10.2. The van der Waals surface area contributed by atoms with Crippen LogP contribution < -0.4 is 15.2 Å². The van der Waals surface area contributed by atoms with Crippen LogP contribution in [0, 0.1) is 13.8 Å². The number of nitrogens with two attached hydrogens (primary N) is 1. The van der Waals surface area contributed by atoms with Crippen molar-refractivity contribution in [2.24, 2.45) is 5.73 Å². The van der Waals surface area contributed by atoms with Crippen LogP contribution in [0.3, 0.4) is 0 Å². The van der Waals surface area contributed by atoms with Crippen molar-refractivity contribution in [1.29, 1.82) is 0 Å². The third-order valence-electron chi connectivity index (χ3n) is 3.33. The molecule has 1 unspecified atom stereocenters. The summed E-state index contributed by atoms with van der Waals surface area (Å²) in [6.45, 7) is 4.02. The Morgan fingerprint density at radius 2 is 1.70 bits per heavy atom. The van der Waals surface area contributed by atoms with Crippen LogP contribution in [-0.4, -0.2) is 19.2 Å². The van der Waals surface area contributed by atoms with E-state index in [0.717, 1.165) is 22.4 Å². The van der Waals surface area contributed by atoms with E-state index in [1.165, 1.54) is 0 Å². The highest BCUT2D eigenvalue weighted by Gasteiger charge is 2.21. The van der Waals surface area contributed by atoms with E-state index in [0.29, 0.717) is 11.5 Å². The molecule has 4 nitrogen and oxygen atoms in total. The van der Waals surface area contributed by atoms with Crippen molar-refractivity contribution in [3.63, 3.8) is 0 Å². The number of pyridine rings is 1. The second-order valence-corrected chi connectivity index (χ2v) is 4.77. The molecule has 2 aromatic rings. The van der Waals surface area contributed by atoms with Crippen LogP contribution >= 0.6 is 0 Å². The molecule has 2 N–H and O–H groups in total. The fourth-order valence-corrected chi connectivity index (χ4v) is 2.37. The number of benzene rings is 1. The SMILES string of the molecule is COc1cccc(OC)c1C(N)c1ncc(C)cc1C. The molecule has 106 valence electrons. The summed E-state index contributed by atoms with van der Waals surface area (Å²) in [5.74, 6) is 1.41.